The largest absolute Gasteiger partial charge is 0.462 e. The molecule has 0 spiro atoms. The maximum absolute atomic E-state index is 12.3. The summed E-state index contributed by atoms with van der Waals surface area (Å²) in [5.41, 5.74) is 1.22. The topological polar surface area (TPSA) is 92.8 Å². The highest BCUT2D eigenvalue weighted by Crippen LogP contribution is 2.17. The Hall–Kier alpha value is -2.87. The van der Waals surface area contributed by atoms with Gasteiger partial charge in [0.1, 0.15) is 6.54 Å². The van der Waals surface area contributed by atoms with Crippen molar-refractivity contribution in [1.29, 1.82) is 0 Å². The molecule has 0 atom stereocenters. The molecule has 0 aliphatic heterocycles. The second kappa shape index (κ2) is 8.48. The van der Waals surface area contributed by atoms with E-state index < -0.39 is 21.9 Å². The van der Waals surface area contributed by atoms with Gasteiger partial charge < -0.3 is 10.1 Å². The van der Waals surface area contributed by atoms with Crippen LogP contribution in [0.5, 0.6) is 0 Å². The lowest BCUT2D eigenvalue weighted by atomic mass is 10.2. The van der Waals surface area contributed by atoms with Crippen molar-refractivity contribution < 1.29 is 22.7 Å². The quantitative estimate of drug-likeness (QED) is 0.748. The number of hydrogen-bond donors (Lipinski definition) is 1. The molecule has 0 unspecified atom stereocenters. The van der Waals surface area contributed by atoms with Gasteiger partial charge in [-0.1, -0.05) is 18.2 Å². The molecule has 0 aliphatic carbocycles. The predicted octanol–water partition coefficient (Wildman–Crippen LogP) is 2.27. The van der Waals surface area contributed by atoms with Crippen molar-refractivity contribution in [2.75, 3.05) is 29.0 Å². The van der Waals surface area contributed by atoms with Gasteiger partial charge in [0.25, 0.3) is 0 Å². The first-order valence-electron chi connectivity index (χ1n) is 7.91. The number of para-hydroxylation sites is 1. The number of nitrogens with one attached hydrogen (secondary N) is 1. The molecule has 8 heteroatoms. The summed E-state index contributed by atoms with van der Waals surface area (Å²) >= 11 is 0. The molecule has 2 aromatic carbocycles. The smallest absolute Gasteiger partial charge is 0.338 e. The van der Waals surface area contributed by atoms with Crippen LogP contribution in [0.3, 0.4) is 0 Å². The van der Waals surface area contributed by atoms with Crippen molar-refractivity contribution in [2.45, 2.75) is 6.92 Å². The van der Waals surface area contributed by atoms with E-state index in [0.29, 0.717) is 16.9 Å². The molecule has 7 nitrogen and oxygen atoms in total. The van der Waals surface area contributed by atoms with Gasteiger partial charge in [-0.25, -0.2) is 13.2 Å². The SMILES string of the molecule is CCOC(=O)c1ccc(NC(=O)CN(c2ccccc2)S(C)(=O)=O)cc1. The Labute approximate surface area is 152 Å². The van der Waals surface area contributed by atoms with E-state index in [9.17, 15) is 18.0 Å². The molecular weight excluding hydrogens is 356 g/mol. The van der Waals surface area contributed by atoms with Gasteiger partial charge in [-0.3, -0.25) is 9.10 Å². The van der Waals surface area contributed by atoms with Crippen molar-refractivity contribution in [3.05, 3.63) is 60.2 Å². The summed E-state index contributed by atoms with van der Waals surface area (Å²) in [6, 6.07) is 14.5. The Morgan fingerprint density at radius 3 is 2.19 bits per heavy atom. The first kappa shape index (κ1) is 19.5. The second-order valence-electron chi connectivity index (χ2n) is 5.45. The molecule has 0 heterocycles. The maximum Gasteiger partial charge on any atom is 0.338 e. The van der Waals surface area contributed by atoms with E-state index in [2.05, 4.69) is 5.32 Å². The minimum atomic E-state index is -3.62. The molecule has 0 aromatic heterocycles. The molecule has 1 amide bonds. The van der Waals surface area contributed by atoms with Crippen LogP contribution < -0.4 is 9.62 Å². The van der Waals surface area contributed by atoms with Gasteiger partial charge in [-0.05, 0) is 43.3 Å². The van der Waals surface area contributed by atoms with Gasteiger partial charge in [0.15, 0.2) is 0 Å². The Morgan fingerprint density at radius 2 is 1.65 bits per heavy atom. The van der Waals surface area contributed by atoms with E-state index in [0.717, 1.165) is 10.6 Å². The van der Waals surface area contributed by atoms with Crippen LogP contribution in [0.4, 0.5) is 11.4 Å². The van der Waals surface area contributed by atoms with E-state index in [1.807, 2.05) is 0 Å². The number of esters is 1. The number of rotatable bonds is 7. The van der Waals surface area contributed by atoms with Crippen molar-refractivity contribution in [2.24, 2.45) is 0 Å². The first-order valence-corrected chi connectivity index (χ1v) is 9.76. The van der Waals surface area contributed by atoms with Crippen molar-refractivity contribution >= 4 is 33.3 Å². The summed E-state index contributed by atoms with van der Waals surface area (Å²) in [6.45, 7) is 1.63. The number of nitrogens with zero attached hydrogens (tertiary/aromatic N) is 1. The van der Waals surface area contributed by atoms with Crippen LogP contribution in [0.15, 0.2) is 54.6 Å². The van der Waals surface area contributed by atoms with Gasteiger partial charge in [-0.2, -0.15) is 0 Å². The monoisotopic (exact) mass is 376 g/mol. The lowest BCUT2D eigenvalue weighted by Gasteiger charge is -2.21. The standard InChI is InChI=1S/C18H20N2O5S/c1-3-25-18(22)14-9-11-15(12-10-14)19-17(21)13-20(26(2,23)24)16-7-5-4-6-8-16/h4-12H,3,13H2,1-2H3,(H,19,21). The minimum absolute atomic E-state index is 0.276. The molecule has 2 aromatic rings. The number of amides is 1. The zero-order valence-corrected chi connectivity index (χ0v) is 15.3. The molecule has 0 fully saturated rings. The number of hydrogen-bond acceptors (Lipinski definition) is 5. The fourth-order valence-corrected chi connectivity index (χ4v) is 3.09. The summed E-state index contributed by atoms with van der Waals surface area (Å²) < 4.78 is 29.9. The Bertz CT molecular complexity index is 864. The summed E-state index contributed by atoms with van der Waals surface area (Å²) in [4.78, 5) is 23.9. The average Bonchev–Trinajstić information content (AvgIpc) is 2.60. The molecule has 138 valence electrons. The highest BCUT2D eigenvalue weighted by Gasteiger charge is 2.20. The van der Waals surface area contributed by atoms with Crippen molar-refractivity contribution in [3.63, 3.8) is 0 Å². The van der Waals surface area contributed by atoms with E-state index in [4.69, 9.17) is 4.74 Å². The average molecular weight is 376 g/mol. The number of carbonyl (C=O) groups is 2. The molecule has 0 radical (unpaired) electrons. The fourth-order valence-electron chi connectivity index (χ4n) is 2.23. The summed E-state index contributed by atoms with van der Waals surface area (Å²) in [5.74, 6) is -0.944. The number of carbonyl (C=O) groups excluding carboxylic acids is 2. The highest BCUT2D eigenvalue weighted by atomic mass is 32.2. The van der Waals surface area contributed by atoms with Crippen LogP contribution >= 0.6 is 0 Å². The third kappa shape index (κ3) is 5.32. The Kier molecular flexibility index (Phi) is 6.35. The Morgan fingerprint density at radius 1 is 1.04 bits per heavy atom. The van der Waals surface area contributed by atoms with E-state index in [-0.39, 0.29) is 13.2 Å². The van der Waals surface area contributed by atoms with Crippen molar-refractivity contribution in [1.82, 2.24) is 0 Å². The molecule has 2 rings (SSSR count). The zero-order chi connectivity index (χ0) is 19.2. The summed E-state index contributed by atoms with van der Waals surface area (Å²) in [7, 11) is -3.62. The molecule has 0 saturated heterocycles. The third-order valence-electron chi connectivity index (χ3n) is 3.41. The Balaban J connectivity index is 2.08. The predicted molar refractivity (Wildman–Crippen MR) is 99.7 cm³/mol. The molecule has 0 aliphatic rings. The third-order valence-corrected chi connectivity index (χ3v) is 4.55. The molecule has 0 bridgehead atoms. The molecule has 0 saturated carbocycles. The second-order valence-corrected chi connectivity index (χ2v) is 7.36. The summed E-state index contributed by atoms with van der Waals surface area (Å²) in [5, 5.41) is 2.62. The molecular formula is C18H20N2O5S. The zero-order valence-electron chi connectivity index (χ0n) is 14.5. The highest BCUT2D eigenvalue weighted by molar-refractivity contribution is 7.92. The number of sulfonamides is 1. The maximum atomic E-state index is 12.3. The lowest BCUT2D eigenvalue weighted by molar-refractivity contribution is -0.114. The summed E-state index contributed by atoms with van der Waals surface area (Å²) in [6.07, 6.45) is 1.04. The van der Waals surface area contributed by atoms with Gasteiger partial charge in [0, 0.05) is 5.69 Å². The fraction of sp³-hybridized carbons (Fsp3) is 0.222. The number of anilines is 2. The molecule has 1 N–H and O–H groups in total. The normalized spacial score (nSPS) is 10.8. The number of benzene rings is 2. The van der Waals surface area contributed by atoms with Gasteiger partial charge in [0.2, 0.25) is 15.9 Å². The van der Waals surface area contributed by atoms with Crippen LogP contribution in [0.2, 0.25) is 0 Å². The van der Waals surface area contributed by atoms with Gasteiger partial charge in [0.05, 0.1) is 24.1 Å². The van der Waals surface area contributed by atoms with Crippen LogP contribution in [0.1, 0.15) is 17.3 Å². The van der Waals surface area contributed by atoms with Crippen LogP contribution in [0, 0.1) is 0 Å². The van der Waals surface area contributed by atoms with Crippen molar-refractivity contribution in [3.8, 4) is 0 Å². The van der Waals surface area contributed by atoms with Crippen LogP contribution in [-0.2, 0) is 19.6 Å². The molecule has 26 heavy (non-hydrogen) atoms. The number of ether oxygens (including phenoxy) is 1. The van der Waals surface area contributed by atoms with Gasteiger partial charge in [-0.15, -0.1) is 0 Å². The first-order chi connectivity index (χ1) is 12.3. The lowest BCUT2D eigenvalue weighted by Crippen LogP contribution is -2.37. The minimum Gasteiger partial charge on any atom is -0.462 e. The van der Waals surface area contributed by atoms with E-state index in [1.54, 1.807) is 49.4 Å². The van der Waals surface area contributed by atoms with E-state index >= 15 is 0 Å². The van der Waals surface area contributed by atoms with Gasteiger partial charge >= 0.3 is 5.97 Å². The van der Waals surface area contributed by atoms with Crippen LogP contribution in [-0.4, -0.2) is 39.7 Å². The van der Waals surface area contributed by atoms with E-state index in [1.165, 1.54) is 12.1 Å². The van der Waals surface area contributed by atoms with Crippen LogP contribution in [0.25, 0.3) is 0 Å².